The molecule has 0 N–H and O–H groups in total. The van der Waals surface area contributed by atoms with Gasteiger partial charge in [0.05, 0.1) is 5.02 Å². The van der Waals surface area contributed by atoms with Crippen LogP contribution >= 0.6 is 11.6 Å². The van der Waals surface area contributed by atoms with E-state index in [4.69, 9.17) is 11.6 Å². The number of halogens is 4. The summed E-state index contributed by atoms with van der Waals surface area (Å²) in [5.74, 6) is 0. The Labute approximate surface area is 73.0 Å². The lowest BCUT2D eigenvalue weighted by molar-refractivity contribution is -0.140. The summed E-state index contributed by atoms with van der Waals surface area (Å²) >= 11 is 5.44. The summed E-state index contributed by atoms with van der Waals surface area (Å²) in [6, 6.07) is 1.23. The summed E-state index contributed by atoms with van der Waals surface area (Å²) in [4.78, 5) is 3.19. The molecular weight excluding hydrogens is 189 g/mol. The molecule has 0 bridgehead atoms. The first kappa shape index (κ1) is 9.38. The maximum Gasteiger partial charge on any atom is 0.432 e. The number of hydrogen-bond donors (Lipinski definition) is 0. The van der Waals surface area contributed by atoms with Gasteiger partial charge < -0.3 is 0 Å². The first-order chi connectivity index (χ1) is 5.41. The number of aromatic nitrogens is 1. The lowest BCUT2D eigenvalue weighted by Gasteiger charge is -2.08. The highest BCUT2D eigenvalue weighted by molar-refractivity contribution is 6.36. The van der Waals surface area contributed by atoms with E-state index in [2.05, 4.69) is 4.98 Å². The Morgan fingerprint density at radius 3 is 2.42 bits per heavy atom. The third-order valence-corrected chi connectivity index (χ3v) is 1.52. The lowest BCUT2D eigenvalue weighted by atomic mass is 9.94. The predicted octanol–water partition coefficient (Wildman–Crippen LogP) is 1.01. The largest absolute Gasteiger partial charge is 0.432 e. The van der Waals surface area contributed by atoms with E-state index in [0.717, 1.165) is 6.20 Å². The average molecular weight is 193 g/mol. The average Bonchev–Trinajstić information content (AvgIpc) is 1.83. The number of nitrogens with zero attached hydrogens (tertiary/aromatic N) is 1. The van der Waals surface area contributed by atoms with Crippen molar-refractivity contribution in [1.29, 1.82) is 0 Å². The molecule has 12 heavy (non-hydrogen) atoms. The summed E-state index contributed by atoms with van der Waals surface area (Å²) in [6.45, 7) is 0. The number of pyridine rings is 1. The highest BCUT2D eigenvalue weighted by Crippen LogP contribution is 2.26. The highest BCUT2D eigenvalue weighted by Gasteiger charge is 2.33. The molecule has 1 nitrogen and oxygen atoms in total. The van der Waals surface area contributed by atoms with Crippen LogP contribution in [0.2, 0.25) is 5.02 Å². The van der Waals surface area contributed by atoms with Crippen LogP contribution in [0.25, 0.3) is 0 Å². The van der Waals surface area contributed by atoms with Crippen LogP contribution < -0.4 is 5.46 Å². The molecule has 0 aliphatic rings. The van der Waals surface area contributed by atoms with Crippen molar-refractivity contribution in [3.63, 3.8) is 0 Å². The van der Waals surface area contributed by atoms with Crippen molar-refractivity contribution in [3.05, 3.63) is 23.0 Å². The van der Waals surface area contributed by atoms with Gasteiger partial charge in [0, 0.05) is 6.20 Å². The minimum atomic E-state index is -4.39. The van der Waals surface area contributed by atoms with Crippen molar-refractivity contribution >= 4 is 24.9 Å². The van der Waals surface area contributed by atoms with Gasteiger partial charge in [-0.05, 0) is 6.07 Å². The molecule has 0 aromatic carbocycles. The standard InChI is InChI=1S/C6H4BClF3N/c7-4-1-3(8)2-12-5(4)6(9,10)11/h1-2H,7H2. The molecule has 0 spiro atoms. The molecule has 0 aliphatic heterocycles. The monoisotopic (exact) mass is 193 g/mol. The first-order valence-corrected chi connectivity index (χ1v) is 3.48. The maximum absolute atomic E-state index is 12.1. The minimum absolute atomic E-state index is 0.0370. The van der Waals surface area contributed by atoms with Crippen LogP contribution in [0.5, 0.6) is 0 Å². The molecular formula is C6H4BClF3N. The molecule has 1 rings (SSSR count). The molecule has 1 aromatic rings. The maximum atomic E-state index is 12.1. The Bertz CT molecular complexity index is 299. The van der Waals surface area contributed by atoms with E-state index in [1.165, 1.54) is 13.9 Å². The van der Waals surface area contributed by atoms with Gasteiger partial charge in [0.15, 0.2) is 0 Å². The summed E-state index contributed by atoms with van der Waals surface area (Å²) in [5.41, 5.74) is -0.845. The van der Waals surface area contributed by atoms with Gasteiger partial charge in [-0.1, -0.05) is 17.1 Å². The zero-order valence-electron chi connectivity index (χ0n) is 6.11. The summed E-state index contributed by atoms with van der Waals surface area (Å²) in [7, 11) is 1.32. The quantitative estimate of drug-likeness (QED) is 0.561. The zero-order valence-corrected chi connectivity index (χ0v) is 6.87. The van der Waals surface area contributed by atoms with E-state index >= 15 is 0 Å². The summed E-state index contributed by atoms with van der Waals surface area (Å²) in [6.07, 6.45) is -3.41. The molecule has 0 fully saturated rings. The second kappa shape index (κ2) is 2.97. The Hall–Kier alpha value is -0.705. The summed E-state index contributed by atoms with van der Waals surface area (Å²) < 4.78 is 36.2. The molecule has 0 saturated carbocycles. The van der Waals surface area contributed by atoms with Crippen LogP contribution in [0.4, 0.5) is 13.2 Å². The molecule has 6 heteroatoms. The summed E-state index contributed by atoms with van der Waals surface area (Å²) in [5, 5.41) is 0.209. The van der Waals surface area contributed by atoms with Crippen molar-refractivity contribution in [2.24, 2.45) is 0 Å². The molecule has 1 heterocycles. The first-order valence-electron chi connectivity index (χ1n) is 3.10. The fourth-order valence-electron chi connectivity index (χ4n) is 0.837. The van der Waals surface area contributed by atoms with Gasteiger partial charge >= 0.3 is 6.18 Å². The van der Waals surface area contributed by atoms with Gasteiger partial charge in [0.2, 0.25) is 0 Å². The van der Waals surface area contributed by atoms with Crippen LogP contribution in [0.3, 0.4) is 0 Å². The van der Waals surface area contributed by atoms with Crippen LogP contribution in [0, 0.1) is 0 Å². The van der Waals surface area contributed by atoms with Crippen molar-refractivity contribution in [2.75, 3.05) is 0 Å². The fraction of sp³-hybridized carbons (Fsp3) is 0.167. The predicted molar refractivity (Wildman–Crippen MR) is 42.4 cm³/mol. The van der Waals surface area contributed by atoms with E-state index in [-0.39, 0.29) is 10.5 Å². The van der Waals surface area contributed by atoms with Crippen molar-refractivity contribution in [3.8, 4) is 0 Å². The zero-order chi connectivity index (χ0) is 9.35. The van der Waals surface area contributed by atoms with Gasteiger partial charge in [-0.15, -0.1) is 0 Å². The fourth-order valence-corrected chi connectivity index (χ4v) is 1.05. The second-order valence-electron chi connectivity index (χ2n) is 2.32. The third kappa shape index (κ3) is 1.91. The Morgan fingerprint density at radius 2 is 2.00 bits per heavy atom. The van der Waals surface area contributed by atoms with Crippen LogP contribution in [0.15, 0.2) is 12.3 Å². The van der Waals surface area contributed by atoms with Crippen LogP contribution in [-0.4, -0.2) is 12.8 Å². The smallest absolute Gasteiger partial charge is 0.251 e. The van der Waals surface area contributed by atoms with E-state index in [1.54, 1.807) is 0 Å². The van der Waals surface area contributed by atoms with Gasteiger partial charge in [0.25, 0.3) is 0 Å². The molecule has 0 aliphatic carbocycles. The Morgan fingerprint density at radius 1 is 1.42 bits per heavy atom. The Balaban J connectivity index is 3.19. The molecule has 0 atom stereocenters. The molecule has 0 saturated heterocycles. The second-order valence-corrected chi connectivity index (χ2v) is 2.75. The molecule has 64 valence electrons. The lowest BCUT2D eigenvalue weighted by Crippen LogP contribution is -2.21. The van der Waals surface area contributed by atoms with Crippen molar-refractivity contribution in [2.45, 2.75) is 6.18 Å². The molecule has 0 unspecified atom stereocenters. The van der Waals surface area contributed by atoms with Crippen LogP contribution in [0.1, 0.15) is 5.69 Å². The van der Waals surface area contributed by atoms with Gasteiger partial charge in [0.1, 0.15) is 13.5 Å². The minimum Gasteiger partial charge on any atom is -0.251 e. The third-order valence-electron chi connectivity index (χ3n) is 1.31. The van der Waals surface area contributed by atoms with E-state index in [1.807, 2.05) is 0 Å². The van der Waals surface area contributed by atoms with Gasteiger partial charge in [-0.3, -0.25) is 4.98 Å². The van der Waals surface area contributed by atoms with Crippen LogP contribution in [-0.2, 0) is 6.18 Å². The topological polar surface area (TPSA) is 12.9 Å². The number of hydrogen-bond acceptors (Lipinski definition) is 1. The molecule has 0 radical (unpaired) electrons. The van der Waals surface area contributed by atoms with Crippen molar-refractivity contribution in [1.82, 2.24) is 4.98 Å². The van der Waals surface area contributed by atoms with E-state index in [9.17, 15) is 13.2 Å². The number of rotatable bonds is 0. The van der Waals surface area contributed by atoms with Crippen molar-refractivity contribution < 1.29 is 13.2 Å². The van der Waals surface area contributed by atoms with Gasteiger partial charge in [-0.2, -0.15) is 13.2 Å². The highest BCUT2D eigenvalue weighted by atomic mass is 35.5. The van der Waals surface area contributed by atoms with Gasteiger partial charge in [-0.25, -0.2) is 0 Å². The molecule has 0 amide bonds. The Kier molecular flexibility index (Phi) is 2.33. The number of alkyl halides is 3. The van der Waals surface area contributed by atoms with E-state index < -0.39 is 11.9 Å². The SMILES string of the molecule is Bc1cc(Cl)cnc1C(F)(F)F. The normalized spacial score (nSPS) is 11.7. The van der Waals surface area contributed by atoms with E-state index in [0.29, 0.717) is 0 Å². The molecule has 1 aromatic heterocycles.